The highest BCUT2D eigenvalue weighted by atomic mass is 35.5. The Labute approximate surface area is 685 Å². The van der Waals surface area contributed by atoms with E-state index in [9.17, 15) is 48.3 Å². The Bertz CT molecular complexity index is 4470. The van der Waals surface area contributed by atoms with Crippen LogP contribution in [0.1, 0.15) is 106 Å². The summed E-state index contributed by atoms with van der Waals surface area (Å²) in [6.45, 7) is 8.02. The molecule has 6 aromatic rings. The predicted molar refractivity (Wildman–Crippen MR) is 440 cm³/mol. The molecular formula is C85H108ClN17O14. The van der Waals surface area contributed by atoms with E-state index < -0.39 is 139 Å². The fourth-order valence-electron chi connectivity index (χ4n) is 14.9. The van der Waals surface area contributed by atoms with Gasteiger partial charge in [-0.1, -0.05) is 147 Å². The number of carbonyl (C=O) groups is 12. The molecule has 2 unspecified atom stereocenters. The van der Waals surface area contributed by atoms with Gasteiger partial charge >= 0.3 is 12.1 Å². The number of halogens is 1. The number of nitrogens with two attached hydrogens (primary N) is 2. The van der Waals surface area contributed by atoms with Crippen molar-refractivity contribution in [1.29, 1.82) is 5.41 Å². The molecule has 0 spiro atoms. The largest absolute Gasteiger partial charge is 0.394 e. The van der Waals surface area contributed by atoms with Gasteiger partial charge in [0.2, 0.25) is 47.3 Å². The number of likely N-dealkylation sites (tertiary alicyclic amines) is 2. The van der Waals surface area contributed by atoms with Crippen molar-refractivity contribution >= 4 is 105 Å². The van der Waals surface area contributed by atoms with Crippen molar-refractivity contribution < 1.29 is 67.4 Å². The smallest absolute Gasteiger partial charge is 0.325 e. The molecule has 0 bridgehead atoms. The lowest BCUT2D eigenvalue weighted by Crippen LogP contribution is -2.61. The number of carbonyl (C=O) groups excluding carboxylic acids is 12. The number of benzene rings is 6. The van der Waals surface area contributed by atoms with E-state index in [1.807, 2.05) is 68.4 Å². The SMILES string of the molecule is CC(C)C[C@H](NC(=O)[C@@H](Cc1ccc(NC(=O)N2CCCCC2)cc1)NC(=O)[C@H](Cc1ccc(CN2CCOCC2)cc1)NC(=O)[C@H](CO)NC(=O)[C@@H](Cc1ccccc1)NCC(=O)C(Cc1ccc(Cl)cc1)N1C(=O)NC(Cc2ccc3ccccc3c2)C1=O)C(=O)N[C@@H](CCCNC(=N)N)C(=O)N1CCC[C@H]1C(=O)N[C@H](C)C(N)=O. The third-order valence-corrected chi connectivity index (χ3v) is 21.6. The van der Waals surface area contributed by atoms with E-state index in [2.05, 4.69) is 58.1 Å². The molecule has 13 amide bonds. The van der Waals surface area contributed by atoms with Gasteiger partial charge in [0.1, 0.15) is 54.4 Å². The van der Waals surface area contributed by atoms with Crippen molar-refractivity contribution in [2.75, 3.05) is 71.0 Å². The number of imide groups is 1. The maximum absolute atomic E-state index is 15.6. The Morgan fingerprint density at radius 2 is 1.14 bits per heavy atom. The molecular weight excluding hydrogens is 1520 g/mol. The summed E-state index contributed by atoms with van der Waals surface area (Å²) in [5.74, 6) is -8.42. The van der Waals surface area contributed by atoms with Crippen LogP contribution >= 0.6 is 11.6 Å². The highest BCUT2D eigenvalue weighted by Gasteiger charge is 2.46. The van der Waals surface area contributed by atoms with Gasteiger partial charge in [-0.05, 0) is 139 Å². The summed E-state index contributed by atoms with van der Waals surface area (Å²) in [6.07, 6.45) is 3.03. The second-order valence-corrected chi connectivity index (χ2v) is 31.2. The Hall–Kier alpha value is -11.4. The van der Waals surface area contributed by atoms with Gasteiger partial charge in [-0.2, -0.15) is 0 Å². The van der Waals surface area contributed by atoms with Gasteiger partial charge in [0.05, 0.1) is 32.4 Å². The van der Waals surface area contributed by atoms with E-state index in [1.54, 1.807) is 95.9 Å². The number of nitrogens with one attached hydrogen (secondary N) is 11. The van der Waals surface area contributed by atoms with Gasteiger partial charge < -0.3 is 79.0 Å². The first-order valence-electron chi connectivity index (χ1n) is 40.1. The number of primary amides is 1. The molecule has 117 heavy (non-hydrogen) atoms. The molecule has 4 saturated heterocycles. The van der Waals surface area contributed by atoms with E-state index in [0.717, 1.165) is 46.1 Å². The summed E-state index contributed by atoms with van der Waals surface area (Å²) >= 11 is 6.28. The number of Topliss-reactive ketones (excluding diaryl/α,β-unsaturated/α-hetero) is 1. The Balaban J connectivity index is 0.914. The predicted octanol–water partition coefficient (Wildman–Crippen LogP) is 3.38. The lowest BCUT2D eigenvalue weighted by atomic mass is 9.98. The summed E-state index contributed by atoms with van der Waals surface area (Å²) in [5, 5.41) is 49.2. The average molecular weight is 1630 g/mol. The van der Waals surface area contributed by atoms with Gasteiger partial charge in [-0.15, -0.1) is 0 Å². The number of aliphatic hydroxyl groups excluding tert-OH is 1. The highest BCUT2D eigenvalue weighted by molar-refractivity contribution is 6.30. The van der Waals surface area contributed by atoms with Crippen LogP contribution in [0.3, 0.4) is 0 Å². The van der Waals surface area contributed by atoms with Crippen LogP contribution in [0.25, 0.3) is 10.8 Å². The first kappa shape index (κ1) is 88.0. The molecule has 6 aromatic carbocycles. The Kier molecular flexibility index (Phi) is 32.3. The van der Waals surface area contributed by atoms with Crippen molar-refractivity contribution in [3.63, 3.8) is 0 Å². The number of urea groups is 2. The lowest BCUT2D eigenvalue weighted by molar-refractivity contribution is -0.142. The van der Waals surface area contributed by atoms with Crippen LogP contribution in [0.4, 0.5) is 15.3 Å². The molecule has 0 aromatic heterocycles. The van der Waals surface area contributed by atoms with Crippen LogP contribution in [-0.2, 0) is 91.3 Å². The number of rotatable bonds is 39. The summed E-state index contributed by atoms with van der Waals surface area (Å²) in [5.41, 5.74) is 15.4. The number of fused-ring (bicyclic) bond motifs is 1. The first-order chi connectivity index (χ1) is 56.2. The molecule has 4 aliphatic heterocycles. The number of hydrogen-bond acceptors (Lipinski definition) is 17. The third-order valence-electron chi connectivity index (χ3n) is 21.4. The molecule has 0 saturated carbocycles. The van der Waals surface area contributed by atoms with Crippen LogP contribution in [0.5, 0.6) is 0 Å². The number of ketones is 1. The van der Waals surface area contributed by atoms with Crippen molar-refractivity contribution in [1.82, 2.24) is 67.5 Å². The van der Waals surface area contributed by atoms with E-state index in [-0.39, 0.29) is 88.8 Å². The number of piperidine rings is 1. The van der Waals surface area contributed by atoms with Crippen LogP contribution < -0.4 is 64.6 Å². The topological polar surface area (TPSA) is 443 Å². The quantitative estimate of drug-likeness (QED) is 0.0114. The van der Waals surface area contributed by atoms with Crippen molar-refractivity contribution in [3.05, 3.63) is 184 Å². The second-order valence-electron chi connectivity index (χ2n) is 30.7. The van der Waals surface area contributed by atoms with Crippen molar-refractivity contribution in [2.45, 2.75) is 171 Å². The zero-order valence-corrected chi connectivity index (χ0v) is 67.0. The van der Waals surface area contributed by atoms with Crippen LogP contribution in [-0.4, -0.2) is 228 Å². The molecule has 16 N–H and O–H groups in total. The summed E-state index contributed by atoms with van der Waals surface area (Å²) in [6, 6.07) is 28.3. The Morgan fingerprint density at radius 1 is 0.590 bits per heavy atom. The maximum atomic E-state index is 15.6. The average Bonchev–Trinajstić information content (AvgIpc) is 1.66. The number of anilines is 1. The molecule has 10 rings (SSSR count). The number of amides is 13. The zero-order valence-electron chi connectivity index (χ0n) is 66.3. The molecule has 4 fully saturated rings. The Morgan fingerprint density at radius 3 is 1.78 bits per heavy atom. The van der Waals surface area contributed by atoms with E-state index >= 15 is 14.4 Å². The fraction of sp³-hybridized carbons (Fsp3) is 0.447. The number of morpholine rings is 1. The van der Waals surface area contributed by atoms with E-state index in [4.69, 9.17) is 33.2 Å². The van der Waals surface area contributed by atoms with Gasteiger partial charge in [0, 0.05) is 82.2 Å². The lowest BCUT2D eigenvalue weighted by Gasteiger charge is -2.31. The number of guanidine groups is 1. The van der Waals surface area contributed by atoms with Crippen molar-refractivity contribution in [2.24, 2.45) is 17.4 Å². The minimum absolute atomic E-state index is 0.000119. The molecule has 624 valence electrons. The second kappa shape index (κ2) is 43.0. The van der Waals surface area contributed by atoms with Gasteiger partial charge in [-0.3, -0.25) is 68.5 Å². The van der Waals surface area contributed by atoms with Gasteiger partial charge in [0.15, 0.2) is 11.7 Å². The van der Waals surface area contributed by atoms with E-state index in [1.165, 1.54) is 11.8 Å². The fourth-order valence-corrected chi connectivity index (χ4v) is 15.0. The molecule has 31 nitrogen and oxygen atoms in total. The van der Waals surface area contributed by atoms with E-state index in [0.29, 0.717) is 85.3 Å². The normalized spacial score (nSPS) is 17.7. The number of ether oxygens (including phenoxy) is 1. The third kappa shape index (κ3) is 25.8. The molecule has 10 atom stereocenters. The van der Waals surface area contributed by atoms with Crippen LogP contribution in [0, 0.1) is 11.3 Å². The summed E-state index contributed by atoms with van der Waals surface area (Å²) < 4.78 is 5.57. The van der Waals surface area contributed by atoms with Gasteiger partial charge in [-0.25, -0.2) is 9.59 Å². The molecule has 4 aliphatic rings. The molecule has 0 aliphatic carbocycles. The standard InChI is InChI=1S/C85H108ClN17O14/c1-52(2)42-66(76(108)94-64(18-12-34-90-83(88)89)81(113)102-37-13-19-71(102)80(112)92-53(3)74(87)106)95-77(109)67(46-56-27-32-63(33-28-56)93-84(115)101-35-10-5-11-36-101)96-78(110)68(45-55-20-22-58(23-21-55)50-100-38-40-117-41-39-100)97-79(111)70(51-104)98-75(107)65(44-54-14-6-4-7-15-54)91-49-73(105)72(48-57-25-30-62(86)31-26-57)103-82(114)69(99-85(103)116)47-59-24-29-60-16-8-9-17-61(60)43-59/h4,6-9,14-17,20-33,43,52-53,64-72,91,104H,5,10-13,18-19,34-42,44-51H2,1-3H3,(H2,87,106)(H,92,112)(H,93,115)(H,94,108)(H,95,109)(H,96,110)(H,97,111)(H,98,107)(H,99,116)(H4,88,89,90)/t53-,64+,65-,66+,67-,68+,69?,70+,71+,72?/m1/s1. The van der Waals surface area contributed by atoms with Crippen LogP contribution in [0.2, 0.25) is 5.02 Å². The first-order valence-corrected chi connectivity index (χ1v) is 40.4. The number of hydrogen-bond donors (Lipinski definition) is 14. The maximum Gasteiger partial charge on any atom is 0.325 e. The number of nitrogens with zero attached hydrogens (tertiary/aromatic N) is 4. The minimum atomic E-state index is -1.77. The highest BCUT2D eigenvalue weighted by Crippen LogP contribution is 2.26. The summed E-state index contributed by atoms with van der Waals surface area (Å²) in [7, 11) is 0. The molecule has 4 heterocycles. The molecule has 32 heteroatoms. The van der Waals surface area contributed by atoms with Gasteiger partial charge in [0.25, 0.3) is 5.91 Å². The number of aliphatic hydroxyl groups is 1. The van der Waals surface area contributed by atoms with Crippen molar-refractivity contribution in [3.8, 4) is 0 Å². The van der Waals surface area contributed by atoms with Crippen LogP contribution in [0.15, 0.2) is 146 Å². The minimum Gasteiger partial charge on any atom is -0.394 e. The monoisotopic (exact) mass is 1630 g/mol. The summed E-state index contributed by atoms with van der Waals surface area (Å²) in [4.78, 5) is 179. The zero-order chi connectivity index (χ0) is 83.7. The molecule has 0 radical (unpaired) electrons.